The molecular formula is C28H19ClF4N4O3S2. The van der Waals surface area contributed by atoms with Gasteiger partial charge in [-0.1, -0.05) is 29.8 Å². The number of hydrogen-bond acceptors (Lipinski definition) is 7. The van der Waals surface area contributed by atoms with Gasteiger partial charge in [0, 0.05) is 29.8 Å². The van der Waals surface area contributed by atoms with E-state index in [4.69, 9.17) is 22.1 Å². The van der Waals surface area contributed by atoms with Crippen LogP contribution in [0, 0.1) is 5.82 Å². The molecule has 3 aromatic carbocycles. The van der Waals surface area contributed by atoms with E-state index in [1.807, 2.05) is 0 Å². The van der Waals surface area contributed by atoms with Crippen LogP contribution in [0.4, 0.5) is 23.4 Å². The Morgan fingerprint density at radius 1 is 0.952 bits per heavy atom. The molecule has 2 heterocycles. The second-order valence-electron chi connectivity index (χ2n) is 8.82. The van der Waals surface area contributed by atoms with Gasteiger partial charge in [-0.05, 0) is 59.2 Å². The number of rotatable bonds is 8. The lowest BCUT2D eigenvalue weighted by Gasteiger charge is -2.16. The lowest BCUT2D eigenvalue weighted by atomic mass is 9.97. The molecule has 0 amide bonds. The highest BCUT2D eigenvalue weighted by Crippen LogP contribution is 2.41. The first-order valence-corrected chi connectivity index (χ1v) is 14.8. The largest absolute Gasteiger partial charge is 0.455 e. The normalized spacial score (nSPS) is 11.9. The summed E-state index contributed by atoms with van der Waals surface area (Å²) in [5, 5.41) is 1.23. The van der Waals surface area contributed by atoms with Gasteiger partial charge < -0.3 is 10.5 Å². The molecule has 0 bridgehead atoms. The molecule has 7 nitrogen and oxygen atoms in total. The third-order valence-electron chi connectivity index (χ3n) is 6.01. The molecule has 14 heteroatoms. The first-order valence-electron chi connectivity index (χ1n) is 12.0. The molecule has 0 saturated heterocycles. The minimum absolute atomic E-state index is 0.0237. The van der Waals surface area contributed by atoms with Gasteiger partial charge in [0.1, 0.15) is 22.2 Å². The Bertz CT molecular complexity index is 1870. The highest BCUT2D eigenvalue weighted by molar-refractivity contribution is 7.92. The van der Waals surface area contributed by atoms with E-state index < -0.39 is 32.5 Å². The van der Waals surface area contributed by atoms with Crippen LogP contribution in [0.5, 0.6) is 11.5 Å². The molecule has 0 atom stereocenters. The summed E-state index contributed by atoms with van der Waals surface area (Å²) in [6, 6.07) is 14.6. The van der Waals surface area contributed by atoms with Gasteiger partial charge in [0.25, 0.3) is 10.0 Å². The van der Waals surface area contributed by atoms with E-state index >= 15 is 4.39 Å². The van der Waals surface area contributed by atoms with Gasteiger partial charge in [-0.15, -0.1) is 11.3 Å². The number of ether oxygens (including phenoxy) is 1. The van der Waals surface area contributed by atoms with Crippen molar-refractivity contribution in [2.45, 2.75) is 17.6 Å². The van der Waals surface area contributed by atoms with Crippen molar-refractivity contribution in [2.24, 2.45) is 5.73 Å². The zero-order valence-electron chi connectivity index (χ0n) is 21.2. The number of thiazole rings is 1. The summed E-state index contributed by atoms with van der Waals surface area (Å²) in [6.07, 6.45) is -3.01. The number of nitrogens with zero attached hydrogens (tertiary/aromatic N) is 2. The van der Waals surface area contributed by atoms with E-state index in [0.29, 0.717) is 27.9 Å². The second kappa shape index (κ2) is 11.7. The van der Waals surface area contributed by atoms with Crippen molar-refractivity contribution < 1.29 is 30.7 Å². The molecular weight excluding hydrogens is 616 g/mol. The van der Waals surface area contributed by atoms with Crippen LogP contribution in [0.15, 0.2) is 88.7 Å². The zero-order chi connectivity index (χ0) is 30.1. The number of nitrogens with one attached hydrogen (secondary N) is 1. The number of halogens is 5. The van der Waals surface area contributed by atoms with E-state index in [2.05, 4.69) is 14.7 Å². The molecule has 0 aliphatic carbocycles. The van der Waals surface area contributed by atoms with Crippen molar-refractivity contribution in [3.63, 3.8) is 0 Å². The van der Waals surface area contributed by atoms with E-state index in [0.717, 1.165) is 35.6 Å². The summed E-state index contributed by atoms with van der Waals surface area (Å²) in [6.45, 7) is 0.124. The van der Waals surface area contributed by atoms with Gasteiger partial charge in [-0.2, -0.15) is 13.2 Å². The van der Waals surface area contributed by atoms with E-state index in [1.165, 1.54) is 35.3 Å². The maximum atomic E-state index is 15.1. The number of hydrogen-bond donors (Lipinski definition) is 2. The van der Waals surface area contributed by atoms with Crippen molar-refractivity contribution in [3.05, 3.63) is 106 Å². The van der Waals surface area contributed by atoms with Crippen molar-refractivity contribution >= 4 is 38.8 Å². The van der Waals surface area contributed by atoms with Gasteiger partial charge in [0.05, 0.1) is 21.8 Å². The van der Waals surface area contributed by atoms with E-state index in [1.54, 1.807) is 24.3 Å². The first-order chi connectivity index (χ1) is 19.9. The van der Waals surface area contributed by atoms with Crippen LogP contribution in [0.25, 0.3) is 22.3 Å². The third-order valence-corrected chi connectivity index (χ3v) is 8.26. The van der Waals surface area contributed by atoms with Crippen LogP contribution in [0.3, 0.4) is 0 Å². The SMILES string of the molecule is NCc1cc(-c2cc(-c3cccc(C(F)(F)F)c3)ccc2Oc2cc(F)c(S(=O)(=O)Nc3cscn3)cc2Cl)ccn1. The fraction of sp³-hybridized carbons (Fsp3) is 0.0714. The number of alkyl halides is 3. The average Bonchev–Trinajstić information content (AvgIpc) is 3.47. The molecule has 0 aliphatic heterocycles. The standard InChI is InChI=1S/C28H19ClF4N4O3S2/c29-22-11-26(42(38,39)37-27-14-41-15-36-27)23(30)12-25(22)40-24-5-4-17(16-2-1-3-19(8-16)28(31,32)33)10-21(24)18-6-7-35-20(9-18)13-34/h1-12,14-15,37H,13,34H2. The van der Waals surface area contributed by atoms with Crippen molar-refractivity contribution in [2.75, 3.05) is 4.72 Å². The number of anilines is 1. The Kier molecular flexibility index (Phi) is 8.19. The maximum absolute atomic E-state index is 15.1. The number of nitrogens with two attached hydrogens (primary N) is 1. The monoisotopic (exact) mass is 634 g/mol. The van der Waals surface area contributed by atoms with Crippen molar-refractivity contribution in [3.8, 4) is 33.8 Å². The molecule has 3 N–H and O–H groups in total. The number of pyridine rings is 1. The fourth-order valence-corrected chi connectivity index (χ4v) is 5.94. The summed E-state index contributed by atoms with van der Waals surface area (Å²) in [5.41, 5.74) is 8.62. The summed E-state index contributed by atoms with van der Waals surface area (Å²) >= 11 is 7.49. The van der Waals surface area contributed by atoms with Gasteiger partial charge in [0.15, 0.2) is 5.82 Å². The average molecular weight is 635 g/mol. The molecule has 0 radical (unpaired) electrons. The molecule has 0 aliphatic rings. The molecule has 2 aromatic heterocycles. The molecule has 0 spiro atoms. The number of aromatic nitrogens is 2. The lowest BCUT2D eigenvalue weighted by molar-refractivity contribution is -0.137. The van der Waals surface area contributed by atoms with Gasteiger partial charge in [0.2, 0.25) is 0 Å². The van der Waals surface area contributed by atoms with Crippen molar-refractivity contribution in [1.82, 2.24) is 9.97 Å². The van der Waals surface area contributed by atoms with Gasteiger partial charge in [-0.3, -0.25) is 9.71 Å². The van der Waals surface area contributed by atoms with Crippen molar-refractivity contribution in [1.29, 1.82) is 0 Å². The Hall–Kier alpha value is -4.04. The van der Waals surface area contributed by atoms with Crippen LogP contribution in [0.1, 0.15) is 11.3 Å². The summed E-state index contributed by atoms with van der Waals surface area (Å²) < 4.78 is 88.8. The first kappa shape index (κ1) is 29.5. The predicted molar refractivity (Wildman–Crippen MR) is 152 cm³/mol. The maximum Gasteiger partial charge on any atom is 0.416 e. The van der Waals surface area contributed by atoms with Crippen LogP contribution < -0.4 is 15.2 Å². The second-order valence-corrected chi connectivity index (χ2v) is 11.6. The smallest absolute Gasteiger partial charge is 0.416 e. The molecule has 42 heavy (non-hydrogen) atoms. The highest BCUT2D eigenvalue weighted by Gasteiger charge is 2.30. The molecule has 0 saturated carbocycles. The zero-order valence-corrected chi connectivity index (χ0v) is 23.6. The van der Waals surface area contributed by atoms with E-state index in [9.17, 15) is 21.6 Å². The van der Waals surface area contributed by atoms with Gasteiger partial charge in [-0.25, -0.2) is 17.8 Å². The Balaban J connectivity index is 1.56. The van der Waals surface area contributed by atoms with Crippen LogP contribution in [-0.4, -0.2) is 18.4 Å². The Morgan fingerprint density at radius 2 is 1.74 bits per heavy atom. The number of sulfonamides is 1. The lowest BCUT2D eigenvalue weighted by Crippen LogP contribution is -2.15. The third kappa shape index (κ3) is 6.39. The summed E-state index contributed by atoms with van der Waals surface area (Å²) in [4.78, 5) is 7.29. The quantitative estimate of drug-likeness (QED) is 0.169. The molecule has 5 rings (SSSR count). The van der Waals surface area contributed by atoms with Crippen LogP contribution in [0.2, 0.25) is 5.02 Å². The Morgan fingerprint density at radius 3 is 2.45 bits per heavy atom. The molecule has 216 valence electrons. The Labute approximate surface area is 246 Å². The summed E-state index contributed by atoms with van der Waals surface area (Å²) in [7, 11) is -4.35. The number of benzene rings is 3. The predicted octanol–water partition coefficient (Wildman–Crippen LogP) is 7.74. The van der Waals surface area contributed by atoms with E-state index in [-0.39, 0.29) is 28.9 Å². The summed E-state index contributed by atoms with van der Waals surface area (Å²) in [5.74, 6) is -1.13. The van der Waals surface area contributed by atoms with Crippen LogP contribution in [-0.2, 0) is 22.7 Å². The molecule has 0 fully saturated rings. The molecule has 0 unspecified atom stereocenters. The highest BCUT2D eigenvalue weighted by atomic mass is 35.5. The minimum Gasteiger partial charge on any atom is -0.455 e. The minimum atomic E-state index is -4.53. The molecule has 5 aromatic rings. The topological polar surface area (TPSA) is 107 Å². The van der Waals surface area contributed by atoms with Gasteiger partial charge >= 0.3 is 6.18 Å². The fourth-order valence-electron chi connectivity index (χ4n) is 4.03. The van der Waals surface area contributed by atoms with Crippen LogP contribution >= 0.6 is 22.9 Å².